The molecule has 0 saturated heterocycles. The molecule has 0 fully saturated rings. The number of aryl methyl sites for hydroxylation is 1. The van der Waals surface area contributed by atoms with Crippen molar-refractivity contribution in [3.63, 3.8) is 0 Å². The largest absolute Gasteiger partial charge is 0.329 e. The molecular formula is C13H16N4OS. The van der Waals surface area contributed by atoms with Gasteiger partial charge in [0, 0.05) is 25.6 Å². The van der Waals surface area contributed by atoms with Gasteiger partial charge in [-0.2, -0.15) is 0 Å². The lowest BCUT2D eigenvalue weighted by Crippen LogP contribution is -2.25. The van der Waals surface area contributed by atoms with Crippen LogP contribution < -0.4 is 5.32 Å². The molecule has 2 aromatic heterocycles. The van der Waals surface area contributed by atoms with Gasteiger partial charge in [0.2, 0.25) is 5.91 Å². The van der Waals surface area contributed by atoms with Gasteiger partial charge in [0.25, 0.3) is 0 Å². The first-order chi connectivity index (χ1) is 9.20. The lowest BCUT2D eigenvalue weighted by Gasteiger charge is -2.13. The molecule has 19 heavy (non-hydrogen) atoms. The molecule has 0 aliphatic carbocycles. The molecular weight excluding hydrogens is 260 g/mol. The maximum Gasteiger partial charge on any atom is 0.239 e. The fourth-order valence-electron chi connectivity index (χ4n) is 1.56. The Labute approximate surface area is 116 Å². The van der Waals surface area contributed by atoms with Crippen LogP contribution in [0.4, 0.5) is 5.82 Å². The summed E-state index contributed by atoms with van der Waals surface area (Å²) in [4.78, 5) is 20.5. The van der Waals surface area contributed by atoms with Gasteiger partial charge in [0.15, 0.2) is 5.16 Å². The summed E-state index contributed by atoms with van der Waals surface area (Å²) in [6, 6.07) is 5.43. The van der Waals surface area contributed by atoms with Gasteiger partial charge in [-0.15, -0.1) is 0 Å². The van der Waals surface area contributed by atoms with Crippen molar-refractivity contribution in [3.05, 3.63) is 36.8 Å². The van der Waals surface area contributed by atoms with Crippen LogP contribution >= 0.6 is 11.8 Å². The minimum Gasteiger partial charge on any atom is -0.329 e. The number of aromatic nitrogens is 3. The molecule has 1 atom stereocenters. The van der Waals surface area contributed by atoms with E-state index in [0.29, 0.717) is 5.82 Å². The predicted octanol–water partition coefficient (Wildman–Crippen LogP) is 2.32. The molecule has 100 valence electrons. The highest BCUT2D eigenvalue weighted by molar-refractivity contribution is 8.00. The second-order valence-electron chi connectivity index (χ2n) is 4.04. The molecule has 1 amide bonds. The standard InChI is InChI=1S/C13H16N4OS/c1-3-10(19-13-15-8-9-17(13)2)12(18)16-11-6-4-5-7-14-11/h4-10H,3H2,1-2H3,(H,14,16,18). The van der Waals surface area contributed by atoms with E-state index in [0.717, 1.165) is 11.6 Å². The van der Waals surface area contributed by atoms with Crippen molar-refractivity contribution < 1.29 is 4.79 Å². The number of nitrogens with one attached hydrogen (secondary N) is 1. The summed E-state index contributed by atoms with van der Waals surface area (Å²) in [6.07, 6.45) is 5.98. The molecule has 0 bridgehead atoms. The molecule has 0 aliphatic heterocycles. The van der Waals surface area contributed by atoms with E-state index < -0.39 is 0 Å². The highest BCUT2D eigenvalue weighted by Gasteiger charge is 2.20. The lowest BCUT2D eigenvalue weighted by atomic mass is 10.3. The summed E-state index contributed by atoms with van der Waals surface area (Å²) in [5.41, 5.74) is 0. The van der Waals surface area contributed by atoms with Gasteiger partial charge >= 0.3 is 0 Å². The molecule has 0 aromatic carbocycles. The molecule has 2 heterocycles. The average Bonchev–Trinajstić information content (AvgIpc) is 2.82. The number of thioether (sulfide) groups is 1. The molecule has 2 rings (SSSR count). The van der Waals surface area contributed by atoms with Gasteiger partial charge in [-0.1, -0.05) is 24.8 Å². The third kappa shape index (κ3) is 3.57. The van der Waals surface area contributed by atoms with Crippen LogP contribution in [0.3, 0.4) is 0 Å². The van der Waals surface area contributed by atoms with E-state index in [4.69, 9.17) is 0 Å². The van der Waals surface area contributed by atoms with E-state index in [9.17, 15) is 4.79 Å². The smallest absolute Gasteiger partial charge is 0.239 e. The third-order valence-corrected chi connectivity index (χ3v) is 4.04. The number of carbonyl (C=O) groups excluding carboxylic acids is 1. The summed E-state index contributed by atoms with van der Waals surface area (Å²) in [5.74, 6) is 0.528. The highest BCUT2D eigenvalue weighted by atomic mass is 32.2. The van der Waals surface area contributed by atoms with Crippen LogP contribution in [0, 0.1) is 0 Å². The van der Waals surface area contributed by atoms with Gasteiger partial charge in [0.1, 0.15) is 5.82 Å². The maximum atomic E-state index is 12.2. The summed E-state index contributed by atoms with van der Waals surface area (Å²) in [6.45, 7) is 1.98. The number of rotatable bonds is 5. The summed E-state index contributed by atoms with van der Waals surface area (Å²) in [5, 5.41) is 3.48. The SMILES string of the molecule is CCC(Sc1nccn1C)C(=O)Nc1ccccn1. The Kier molecular flexibility index (Phi) is 4.57. The Hall–Kier alpha value is -1.82. The van der Waals surface area contributed by atoms with Crippen LogP contribution in [-0.4, -0.2) is 25.7 Å². The van der Waals surface area contributed by atoms with Crippen molar-refractivity contribution in [1.82, 2.24) is 14.5 Å². The van der Waals surface area contributed by atoms with Crippen molar-refractivity contribution in [3.8, 4) is 0 Å². The van der Waals surface area contributed by atoms with Crippen LogP contribution in [0.5, 0.6) is 0 Å². The van der Waals surface area contributed by atoms with E-state index in [2.05, 4.69) is 15.3 Å². The molecule has 1 unspecified atom stereocenters. The second kappa shape index (κ2) is 6.38. The fourth-order valence-corrected chi connectivity index (χ4v) is 2.49. The van der Waals surface area contributed by atoms with E-state index in [-0.39, 0.29) is 11.2 Å². The zero-order chi connectivity index (χ0) is 13.7. The number of amides is 1. The van der Waals surface area contributed by atoms with Gasteiger partial charge in [-0.05, 0) is 18.6 Å². The van der Waals surface area contributed by atoms with Gasteiger partial charge in [0.05, 0.1) is 5.25 Å². The van der Waals surface area contributed by atoms with E-state index in [1.165, 1.54) is 11.8 Å². The molecule has 0 saturated carbocycles. The summed E-state index contributed by atoms with van der Waals surface area (Å²) < 4.78 is 1.90. The van der Waals surface area contributed by atoms with Crippen molar-refractivity contribution in [2.75, 3.05) is 5.32 Å². The summed E-state index contributed by atoms with van der Waals surface area (Å²) in [7, 11) is 1.92. The minimum absolute atomic E-state index is 0.0470. The Bertz CT molecular complexity index is 541. The van der Waals surface area contributed by atoms with Crippen molar-refractivity contribution in [1.29, 1.82) is 0 Å². The predicted molar refractivity (Wildman–Crippen MR) is 76.0 cm³/mol. The Morgan fingerprint density at radius 3 is 2.84 bits per heavy atom. The van der Waals surface area contributed by atoms with Crippen molar-refractivity contribution >= 4 is 23.5 Å². The van der Waals surface area contributed by atoms with Gasteiger partial charge < -0.3 is 9.88 Å². The van der Waals surface area contributed by atoms with Crippen LogP contribution in [0.2, 0.25) is 0 Å². The van der Waals surface area contributed by atoms with E-state index in [1.807, 2.05) is 36.9 Å². The Morgan fingerprint density at radius 1 is 1.42 bits per heavy atom. The Balaban J connectivity index is 2.01. The lowest BCUT2D eigenvalue weighted by molar-refractivity contribution is -0.115. The first-order valence-corrected chi connectivity index (χ1v) is 6.94. The number of pyridine rings is 1. The van der Waals surface area contributed by atoms with Gasteiger partial charge in [-0.25, -0.2) is 9.97 Å². The molecule has 6 heteroatoms. The average molecular weight is 276 g/mol. The minimum atomic E-state index is -0.178. The number of nitrogens with zero attached hydrogens (tertiary/aromatic N) is 3. The maximum absolute atomic E-state index is 12.2. The topological polar surface area (TPSA) is 59.8 Å². The zero-order valence-corrected chi connectivity index (χ0v) is 11.7. The van der Waals surface area contributed by atoms with Crippen LogP contribution in [0.1, 0.15) is 13.3 Å². The van der Waals surface area contributed by atoms with E-state index >= 15 is 0 Å². The quantitative estimate of drug-likeness (QED) is 0.851. The second-order valence-corrected chi connectivity index (χ2v) is 5.21. The number of carbonyl (C=O) groups is 1. The summed E-state index contributed by atoms with van der Waals surface area (Å²) >= 11 is 1.46. The number of hydrogen-bond acceptors (Lipinski definition) is 4. The van der Waals surface area contributed by atoms with Crippen LogP contribution in [0.15, 0.2) is 41.9 Å². The van der Waals surface area contributed by atoms with Crippen molar-refractivity contribution in [2.24, 2.45) is 7.05 Å². The molecule has 0 spiro atoms. The van der Waals surface area contributed by atoms with Crippen LogP contribution in [0.25, 0.3) is 0 Å². The fraction of sp³-hybridized carbons (Fsp3) is 0.308. The zero-order valence-electron chi connectivity index (χ0n) is 10.9. The highest BCUT2D eigenvalue weighted by Crippen LogP contribution is 2.24. The molecule has 5 nitrogen and oxygen atoms in total. The first-order valence-electron chi connectivity index (χ1n) is 6.06. The normalized spacial score (nSPS) is 12.1. The molecule has 1 N–H and O–H groups in total. The van der Waals surface area contributed by atoms with Crippen LogP contribution in [-0.2, 0) is 11.8 Å². The van der Waals surface area contributed by atoms with E-state index in [1.54, 1.807) is 18.5 Å². The third-order valence-electron chi connectivity index (χ3n) is 2.60. The first kappa shape index (κ1) is 13.6. The number of anilines is 1. The molecule has 2 aromatic rings. The van der Waals surface area contributed by atoms with Crippen molar-refractivity contribution in [2.45, 2.75) is 23.8 Å². The number of hydrogen-bond donors (Lipinski definition) is 1. The number of imidazole rings is 1. The Morgan fingerprint density at radius 2 is 2.26 bits per heavy atom. The monoisotopic (exact) mass is 276 g/mol. The molecule has 0 aliphatic rings. The van der Waals surface area contributed by atoms with Gasteiger partial charge in [-0.3, -0.25) is 4.79 Å². The molecule has 0 radical (unpaired) electrons.